The molecule has 0 bridgehead atoms. The number of hydrogen-bond donors (Lipinski definition) is 1. The van der Waals surface area contributed by atoms with Crippen molar-refractivity contribution in [1.29, 1.82) is 0 Å². The molecule has 0 heterocycles. The molecule has 0 saturated heterocycles. The van der Waals surface area contributed by atoms with Crippen LogP contribution in [-0.4, -0.2) is 6.54 Å². The maximum absolute atomic E-state index is 6.12. The molecule has 0 aliphatic heterocycles. The highest BCUT2D eigenvalue weighted by molar-refractivity contribution is 9.10. The lowest BCUT2D eigenvalue weighted by atomic mass is 9.93. The van der Waals surface area contributed by atoms with Crippen LogP contribution in [-0.2, 0) is 0 Å². The van der Waals surface area contributed by atoms with Gasteiger partial charge >= 0.3 is 0 Å². The molecule has 1 nitrogen and oxygen atoms in total. The first-order valence-electron chi connectivity index (χ1n) is 7.28. The first-order chi connectivity index (χ1) is 10.0. The Labute approximate surface area is 140 Å². The first-order valence-corrected chi connectivity index (χ1v) is 8.45. The van der Waals surface area contributed by atoms with E-state index in [1.807, 2.05) is 6.07 Å². The van der Waals surface area contributed by atoms with Crippen molar-refractivity contribution in [3.05, 3.63) is 68.1 Å². The fourth-order valence-electron chi connectivity index (χ4n) is 2.46. The van der Waals surface area contributed by atoms with Crippen molar-refractivity contribution in [2.45, 2.75) is 33.2 Å². The van der Waals surface area contributed by atoms with E-state index in [2.05, 4.69) is 72.3 Å². The van der Waals surface area contributed by atoms with Gasteiger partial charge < -0.3 is 5.32 Å². The van der Waals surface area contributed by atoms with Crippen molar-refractivity contribution in [1.82, 2.24) is 5.32 Å². The largest absolute Gasteiger partial charge is 0.306 e. The third-order valence-electron chi connectivity index (χ3n) is 3.62. The first kappa shape index (κ1) is 16.5. The maximum Gasteiger partial charge on any atom is 0.0579 e. The smallest absolute Gasteiger partial charge is 0.0579 e. The zero-order valence-electron chi connectivity index (χ0n) is 12.7. The summed E-state index contributed by atoms with van der Waals surface area (Å²) in [6.45, 7) is 7.47. The minimum Gasteiger partial charge on any atom is -0.306 e. The molecular weight excluding hydrogens is 346 g/mol. The molecule has 0 aliphatic carbocycles. The van der Waals surface area contributed by atoms with Gasteiger partial charge in [0.1, 0.15) is 0 Å². The molecule has 2 aromatic rings. The van der Waals surface area contributed by atoms with Crippen molar-refractivity contribution in [2.75, 3.05) is 6.54 Å². The molecule has 1 N–H and O–H groups in total. The van der Waals surface area contributed by atoms with Crippen LogP contribution >= 0.6 is 27.5 Å². The molecule has 112 valence electrons. The molecule has 2 rings (SSSR count). The Kier molecular flexibility index (Phi) is 5.86. The molecule has 21 heavy (non-hydrogen) atoms. The van der Waals surface area contributed by atoms with Crippen LogP contribution in [0.4, 0.5) is 0 Å². The second kappa shape index (κ2) is 7.44. The van der Waals surface area contributed by atoms with Crippen LogP contribution in [0.25, 0.3) is 0 Å². The molecule has 0 saturated carbocycles. The van der Waals surface area contributed by atoms with Gasteiger partial charge in [-0.3, -0.25) is 0 Å². The Hall–Kier alpha value is -0.830. The van der Waals surface area contributed by atoms with E-state index >= 15 is 0 Å². The number of rotatable bonds is 5. The minimum atomic E-state index is 0.193. The normalized spacial score (nSPS) is 12.4. The van der Waals surface area contributed by atoms with E-state index in [-0.39, 0.29) is 6.04 Å². The third-order valence-corrected chi connectivity index (χ3v) is 4.84. The van der Waals surface area contributed by atoms with Gasteiger partial charge in [-0.25, -0.2) is 0 Å². The molecule has 0 spiro atoms. The Morgan fingerprint density at radius 3 is 2.57 bits per heavy atom. The Bertz CT molecular complexity index is 625. The predicted octanol–water partition coefficient (Wildman–Crippen LogP) is 5.81. The molecule has 1 atom stereocenters. The summed E-state index contributed by atoms with van der Waals surface area (Å²) >= 11 is 9.65. The maximum atomic E-state index is 6.12. The van der Waals surface area contributed by atoms with Gasteiger partial charge in [0.05, 0.1) is 11.1 Å². The molecule has 0 amide bonds. The average molecular weight is 367 g/mol. The van der Waals surface area contributed by atoms with Crippen molar-refractivity contribution in [3.63, 3.8) is 0 Å². The fraction of sp³-hybridized carbons (Fsp3) is 0.333. The van der Waals surface area contributed by atoms with Gasteiger partial charge in [0.25, 0.3) is 0 Å². The standard InChI is InChI=1S/C18H21BrClN/c1-4-9-21-18(14-7-8-17(20)16(19)11-14)15-10-12(2)5-6-13(15)3/h5-8,10-11,18,21H,4,9H2,1-3H3. The molecule has 1 unspecified atom stereocenters. The fourth-order valence-corrected chi connectivity index (χ4v) is 2.97. The second-order valence-electron chi connectivity index (χ2n) is 5.42. The quantitative estimate of drug-likeness (QED) is 0.704. The van der Waals surface area contributed by atoms with E-state index in [1.165, 1.54) is 22.3 Å². The van der Waals surface area contributed by atoms with E-state index in [0.717, 1.165) is 22.5 Å². The molecule has 2 aromatic carbocycles. The summed E-state index contributed by atoms with van der Waals surface area (Å²) in [5.41, 5.74) is 5.15. The zero-order valence-corrected chi connectivity index (χ0v) is 15.1. The lowest BCUT2D eigenvalue weighted by Crippen LogP contribution is -2.24. The SMILES string of the molecule is CCCNC(c1ccc(Cl)c(Br)c1)c1cc(C)ccc1C. The van der Waals surface area contributed by atoms with Crippen LogP contribution in [0.5, 0.6) is 0 Å². The molecule has 0 aromatic heterocycles. The number of hydrogen-bond acceptors (Lipinski definition) is 1. The van der Waals surface area contributed by atoms with Crippen LogP contribution < -0.4 is 5.32 Å². The van der Waals surface area contributed by atoms with E-state index in [9.17, 15) is 0 Å². The Balaban J connectivity index is 2.46. The number of aryl methyl sites for hydroxylation is 2. The lowest BCUT2D eigenvalue weighted by Gasteiger charge is -2.22. The summed E-state index contributed by atoms with van der Waals surface area (Å²) in [5.74, 6) is 0. The third kappa shape index (κ3) is 4.09. The average Bonchev–Trinajstić information content (AvgIpc) is 2.46. The van der Waals surface area contributed by atoms with Crippen LogP contribution in [0, 0.1) is 13.8 Å². The van der Waals surface area contributed by atoms with Crippen LogP contribution in [0.15, 0.2) is 40.9 Å². The highest BCUT2D eigenvalue weighted by Gasteiger charge is 2.16. The van der Waals surface area contributed by atoms with Gasteiger partial charge in [-0.2, -0.15) is 0 Å². The van der Waals surface area contributed by atoms with E-state index in [0.29, 0.717) is 0 Å². The summed E-state index contributed by atoms with van der Waals surface area (Å²) in [7, 11) is 0. The van der Waals surface area contributed by atoms with Crippen LogP contribution in [0.3, 0.4) is 0 Å². The van der Waals surface area contributed by atoms with Crippen molar-refractivity contribution in [2.24, 2.45) is 0 Å². The number of halogens is 2. The van der Waals surface area contributed by atoms with Crippen molar-refractivity contribution >= 4 is 27.5 Å². The minimum absolute atomic E-state index is 0.193. The van der Waals surface area contributed by atoms with Crippen molar-refractivity contribution in [3.8, 4) is 0 Å². The summed E-state index contributed by atoms with van der Waals surface area (Å²) in [6.07, 6.45) is 1.11. The predicted molar refractivity (Wildman–Crippen MR) is 95.2 cm³/mol. The second-order valence-corrected chi connectivity index (χ2v) is 6.68. The topological polar surface area (TPSA) is 12.0 Å². The van der Waals surface area contributed by atoms with E-state index in [1.54, 1.807) is 0 Å². The Morgan fingerprint density at radius 2 is 1.90 bits per heavy atom. The van der Waals surface area contributed by atoms with Crippen LogP contribution in [0.1, 0.15) is 41.6 Å². The lowest BCUT2D eigenvalue weighted by molar-refractivity contribution is 0.596. The summed E-state index contributed by atoms with van der Waals surface area (Å²) in [4.78, 5) is 0. The van der Waals surface area contributed by atoms with Crippen LogP contribution in [0.2, 0.25) is 5.02 Å². The summed E-state index contributed by atoms with van der Waals surface area (Å²) < 4.78 is 0.940. The van der Waals surface area contributed by atoms with Gasteiger partial charge in [0, 0.05) is 4.47 Å². The van der Waals surface area contributed by atoms with Gasteiger partial charge in [-0.15, -0.1) is 0 Å². The molecule has 0 aliphatic rings. The summed E-state index contributed by atoms with van der Waals surface area (Å²) in [5, 5.41) is 4.40. The van der Waals surface area contributed by atoms with E-state index < -0.39 is 0 Å². The van der Waals surface area contributed by atoms with Crippen molar-refractivity contribution < 1.29 is 0 Å². The molecular formula is C18H21BrClN. The molecule has 0 fully saturated rings. The molecule has 0 radical (unpaired) electrons. The number of benzene rings is 2. The van der Waals surface area contributed by atoms with E-state index in [4.69, 9.17) is 11.6 Å². The highest BCUT2D eigenvalue weighted by Crippen LogP contribution is 2.31. The monoisotopic (exact) mass is 365 g/mol. The van der Waals surface area contributed by atoms with Gasteiger partial charge in [0.15, 0.2) is 0 Å². The number of nitrogens with one attached hydrogen (secondary N) is 1. The molecule has 3 heteroatoms. The van der Waals surface area contributed by atoms with Gasteiger partial charge in [-0.05, 0) is 71.6 Å². The van der Waals surface area contributed by atoms with Gasteiger partial charge in [-0.1, -0.05) is 48.4 Å². The highest BCUT2D eigenvalue weighted by atomic mass is 79.9. The Morgan fingerprint density at radius 1 is 1.14 bits per heavy atom. The van der Waals surface area contributed by atoms with Gasteiger partial charge in [0.2, 0.25) is 0 Å². The summed E-state index contributed by atoms with van der Waals surface area (Å²) in [6, 6.07) is 13.0. The zero-order chi connectivity index (χ0) is 15.4.